The Labute approximate surface area is 153 Å². The van der Waals surface area contributed by atoms with Crippen molar-refractivity contribution in [3.05, 3.63) is 65.5 Å². The van der Waals surface area contributed by atoms with E-state index in [4.69, 9.17) is 10.5 Å². The molecule has 0 saturated heterocycles. The molecule has 27 heavy (non-hydrogen) atoms. The normalized spacial score (nSPS) is 11.3. The van der Waals surface area contributed by atoms with Crippen LogP contribution in [-0.4, -0.2) is 15.0 Å². The molecule has 1 heterocycles. The van der Waals surface area contributed by atoms with E-state index in [1.165, 1.54) is 12.1 Å². The Balaban J connectivity index is 1.70. The second-order valence-electron chi connectivity index (χ2n) is 5.68. The minimum atomic E-state index is -4.39. The summed E-state index contributed by atoms with van der Waals surface area (Å²) >= 11 is 0. The Bertz CT molecular complexity index is 929. The van der Waals surface area contributed by atoms with Crippen LogP contribution in [0.15, 0.2) is 48.5 Å². The molecule has 0 aliphatic heterocycles. The molecule has 0 saturated carbocycles. The Morgan fingerprint density at radius 1 is 1.00 bits per heavy atom. The van der Waals surface area contributed by atoms with Gasteiger partial charge in [-0.2, -0.15) is 28.1 Å². The topological polar surface area (TPSA) is 86.0 Å². The smallest absolute Gasteiger partial charge is 0.416 e. The highest BCUT2D eigenvalue weighted by Gasteiger charge is 2.30. The van der Waals surface area contributed by atoms with Gasteiger partial charge in [-0.15, -0.1) is 0 Å². The summed E-state index contributed by atoms with van der Waals surface area (Å²) in [5, 5.41) is 3.05. The average Bonchev–Trinajstić information content (AvgIpc) is 2.61. The zero-order valence-corrected chi connectivity index (χ0v) is 14.3. The maximum Gasteiger partial charge on any atom is 0.416 e. The van der Waals surface area contributed by atoms with Gasteiger partial charge in [0.2, 0.25) is 11.9 Å². The monoisotopic (exact) mass is 375 g/mol. The number of ether oxygens (including phenoxy) is 1. The lowest BCUT2D eigenvalue weighted by molar-refractivity contribution is -0.137. The van der Waals surface area contributed by atoms with Crippen LogP contribution in [0.2, 0.25) is 0 Å². The standard InChI is InChI=1S/C18H16F3N5O/c1-11-4-2-3-5-14(11)23-17-25-15(24-16(22)26-17)10-27-13-8-6-12(7-9-13)18(19,20)21/h2-9H,10H2,1H3,(H3,22,23,24,25,26). The number of para-hydroxylation sites is 1. The molecule has 0 aliphatic carbocycles. The zero-order chi connectivity index (χ0) is 19.4. The molecular formula is C18H16F3N5O. The number of nitrogen functional groups attached to an aromatic ring is 1. The first-order chi connectivity index (χ1) is 12.8. The molecule has 3 aromatic rings. The van der Waals surface area contributed by atoms with Gasteiger partial charge in [-0.05, 0) is 42.8 Å². The lowest BCUT2D eigenvalue weighted by atomic mass is 10.2. The van der Waals surface area contributed by atoms with Crippen LogP contribution >= 0.6 is 0 Å². The van der Waals surface area contributed by atoms with Crippen molar-refractivity contribution in [1.82, 2.24) is 15.0 Å². The number of benzene rings is 2. The number of rotatable bonds is 5. The fourth-order valence-corrected chi connectivity index (χ4v) is 2.28. The van der Waals surface area contributed by atoms with E-state index in [0.29, 0.717) is 0 Å². The van der Waals surface area contributed by atoms with Gasteiger partial charge in [-0.1, -0.05) is 18.2 Å². The maximum atomic E-state index is 12.6. The molecule has 0 radical (unpaired) electrons. The largest absolute Gasteiger partial charge is 0.486 e. The summed E-state index contributed by atoms with van der Waals surface area (Å²) in [6.07, 6.45) is -4.39. The van der Waals surface area contributed by atoms with E-state index in [1.54, 1.807) is 0 Å². The second-order valence-corrected chi connectivity index (χ2v) is 5.68. The molecule has 2 aromatic carbocycles. The van der Waals surface area contributed by atoms with Gasteiger partial charge >= 0.3 is 6.18 Å². The van der Waals surface area contributed by atoms with Crippen LogP contribution in [0.25, 0.3) is 0 Å². The van der Waals surface area contributed by atoms with Gasteiger partial charge in [0.25, 0.3) is 0 Å². The number of aryl methyl sites for hydroxylation is 1. The molecule has 0 atom stereocenters. The van der Waals surface area contributed by atoms with Crippen LogP contribution in [0.3, 0.4) is 0 Å². The predicted molar refractivity (Wildman–Crippen MR) is 94.5 cm³/mol. The number of hydrogen-bond acceptors (Lipinski definition) is 6. The van der Waals surface area contributed by atoms with E-state index >= 15 is 0 Å². The lowest BCUT2D eigenvalue weighted by Gasteiger charge is -2.11. The van der Waals surface area contributed by atoms with Gasteiger partial charge in [-0.25, -0.2) is 0 Å². The SMILES string of the molecule is Cc1ccccc1Nc1nc(N)nc(COc2ccc(C(F)(F)F)cc2)n1. The fourth-order valence-electron chi connectivity index (χ4n) is 2.28. The molecule has 0 spiro atoms. The van der Waals surface area contributed by atoms with E-state index < -0.39 is 11.7 Å². The summed E-state index contributed by atoms with van der Waals surface area (Å²) in [6, 6.07) is 11.9. The van der Waals surface area contributed by atoms with Crippen LogP contribution in [-0.2, 0) is 12.8 Å². The molecule has 0 aliphatic rings. The van der Waals surface area contributed by atoms with Crippen molar-refractivity contribution in [3.8, 4) is 5.75 Å². The third kappa shape index (κ3) is 4.84. The highest BCUT2D eigenvalue weighted by Crippen LogP contribution is 2.30. The molecule has 3 rings (SSSR count). The molecule has 9 heteroatoms. The van der Waals surface area contributed by atoms with Crippen molar-refractivity contribution < 1.29 is 17.9 Å². The summed E-state index contributed by atoms with van der Waals surface area (Å²) in [5.41, 5.74) is 6.78. The van der Waals surface area contributed by atoms with Crippen LogP contribution in [0, 0.1) is 6.92 Å². The van der Waals surface area contributed by atoms with E-state index in [0.717, 1.165) is 23.4 Å². The number of aromatic nitrogens is 3. The Kier molecular flexibility index (Phi) is 5.11. The quantitative estimate of drug-likeness (QED) is 0.698. The summed E-state index contributed by atoms with van der Waals surface area (Å²) in [5.74, 6) is 0.767. The van der Waals surface area contributed by atoms with Crippen LogP contribution < -0.4 is 15.8 Å². The molecule has 0 amide bonds. The molecule has 0 fully saturated rings. The highest BCUT2D eigenvalue weighted by atomic mass is 19.4. The van der Waals surface area contributed by atoms with Gasteiger partial charge in [-0.3, -0.25) is 0 Å². The van der Waals surface area contributed by atoms with Gasteiger partial charge in [0, 0.05) is 5.69 Å². The third-order valence-corrected chi connectivity index (χ3v) is 3.64. The first-order valence-electron chi connectivity index (χ1n) is 7.94. The number of nitrogens with zero attached hydrogens (tertiary/aromatic N) is 3. The van der Waals surface area contributed by atoms with Gasteiger partial charge in [0.1, 0.15) is 12.4 Å². The molecule has 6 nitrogen and oxygen atoms in total. The number of nitrogens with two attached hydrogens (primary N) is 1. The molecular weight excluding hydrogens is 359 g/mol. The summed E-state index contributed by atoms with van der Waals surface area (Å²) in [7, 11) is 0. The Hall–Kier alpha value is -3.36. The van der Waals surface area contributed by atoms with E-state index in [2.05, 4.69) is 20.3 Å². The van der Waals surface area contributed by atoms with Crippen molar-refractivity contribution in [2.75, 3.05) is 11.1 Å². The Morgan fingerprint density at radius 3 is 2.37 bits per heavy atom. The van der Waals surface area contributed by atoms with Gasteiger partial charge < -0.3 is 15.8 Å². The van der Waals surface area contributed by atoms with E-state index in [1.807, 2.05) is 31.2 Å². The van der Waals surface area contributed by atoms with Gasteiger partial charge in [0.15, 0.2) is 5.82 Å². The number of anilines is 3. The zero-order valence-electron chi connectivity index (χ0n) is 14.3. The summed E-state index contributed by atoms with van der Waals surface area (Å²) in [6.45, 7) is 1.86. The maximum absolute atomic E-state index is 12.6. The highest BCUT2D eigenvalue weighted by molar-refractivity contribution is 5.58. The molecule has 0 bridgehead atoms. The number of halogens is 3. The Morgan fingerprint density at radius 2 is 1.70 bits per heavy atom. The molecule has 0 unspecified atom stereocenters. The van der Waals surface area contributed by atoms with Crippen molar-refractivity contribution in [3.63, 3.8) is 0 Å². The molecule has 3 N–H and O–H groups in total. The van der Waals surface area contributed by atoms with Crippen LogP contribution in [0.1, 0.15) is 17.0 Å². The second kappa shape index (κ2) is 7.48. The predicted octanol–water partition coefficient (Wildman–Crippen LogP) is 4.10. The third-order valence-electron chi connectivity index (χ3n) is 3.64. The minimum Gasteiger partial charge on any atom is -0.486 e. The summed E-state index contributed by atoms with van der Waals surface area (Å²) < 4.78 is 43.2. The van der Waals surface area contributed by atoms with Crippen molar-refractivity contribution in [2.45, 2.75) is 19.7 Å². The molecule has 140 valence electrons. The van der Waals surface area contributed by atoms with Crippen molar-refractivity contribution in [1.29, 1.82) is 0 Å². The van der Waals surface area contributed by atoms with Gasteiger partial charge in [0.05, 0.1) is 5.56 Å². The van der Waals surface area contributed by atoms with Crippen molar-refractivity contribution in [2.24, 2.45) is 0 Å². The first kappa shape index (κ1) is 18.4. The van der Waals surface area contributed by atoms with Crippen LogP contribution in [0.4, 0.5) is 30.8 Å². The van der Waals surface area contributed by atoms with E-state index in [-0.39, 0.29) is 30.1 Å². The molecule has 1 aromatic heterocycles. The van der Waals surface area contributed by atoms with E-state index in [9.17, 15) is 13.2 Å². The summed E-state index contributed by atoms with van der Waals surface area (Å²) in [4.78, 5) is 12.2. The lowest BCUT2D eigenvalue weighted by Crippen LogP contribution is -2.10. The number of hydrogen-bond donors (Lipinski definition) is 2. The first-order valence-corrected chi connectivity index (χ1v) is 7.94. The van der Waals surface area contributed by atoms with Crippen molar-refractivity contribution >= 4 is 17.6 Å². The minimum absolute atomic E-state index is 0.00658. The fraction of sp³-hybridized carbons (Fsp3) is 0.167. The number of nitrogens with one attached hydrogen (secondary N) is 1. The average molecular weight is 375 g/mol. The van der Waals surface area contributed by atoms with Crippen LogP contribution in [0.5, 0.6) is 5.75 Å². The number of alkyl halides is 3.